The molecule has 2 amide bonds. The average Bonchev–Trinajstić information content (AvgIpc) is 2.05. The Hall–Kier alpha value is -0.770. The van der Waals surface area contributed by atoms with Crippen molar-refractivity contribution in [3.8, 4) is 0 Å². The van der Waals surface area contributed by atoms with Crippen LogP contribution in [-0.4, -0.2) is 36.6 Å². The molecule has 4 heteroatoms. The Kier molecular flexibility index (Phi) is 3.34. The van der Waals surface area contributed by atoms with Gasteiger partial charge in [0, 0.05) is 19.1 Å². The molecular weight excluding hydrogens is 154 g/mol. The van der Waals surface area contributed by atoms with Gasteiger partial charge in [-0.05, 0) is 19.4 Å². The predicted octanol–water partition coefficient (Wildman–Crippen LogP) is 0.139. The van der Waals surface area contributed by atoms with Gasteiger partial charge in [0.1, 0.15) is 0 Å². The average molecular weight is 171 g/mol. The number of amides is 2. The first-order valence-electron chi connectivity index (χ1n) is 4.50. The molecule has 12 heavy (non-hydrogen) atoms. The lowest BCUT2D eigenvalue weighted by Gasteiger charge is -2.30. The summed E-state index contributed by atoms with van der Waals surface area (Å²) in [6, 6.07) is -0.102. The molecule has 0 unspecified atom stereocenters. The van der Waals surface area contributed by atoms with Crippen LogP contribution in [0.2, 0.25) is 0 Å². The summed E-state index contributed by atoms with van der Waals surface area (Å²) in [7, 11) is 0. The Morgan fingerprint density at radius 2 is 2.17 bits per heavy atom. The molecule has 4 nitrogen and oxygen atoms in total. The van der Waals surface area contributed by atoms with E-state index in [9.17, 15) is 4.79 Å². The molecule has 0 radical (unpaired) electrons. The Labute approximate surface area is 73.1 Å². The number of hydrogen-bond donors (Lipinski definition) is 2. The fourth-order valence-corrected chi connectivity index (χ4v) is 1.59. The van der Waals surface area contributed by atoms with E-state index in [1.54, 1.807) is 0 Å². The third-order valence-electron chi connectivity index (χ3n) is 2.38. The zero-order valence-electron chi connectivity index (χ0n) is 7.55. The zero-order chi connectivity index (χ0) is 8.97. The first-order chi connectivity index (χ1) is 5.72. The predicted molar refractivity (Wildman–Crippen MR) is 47.9 cm³/mol. The highest BCUT2D eigenvalue weighted by atomic mass is 16.2. The van der Waals surface area contributed by atoms with Crippen LogP contribution in [0.15, 0.2) is 0 Å². The lowest BCUT2D eigenvalue weighted by molar-refractivity contribution is 0.202. The summed E-state index contributed by atoms with van der Waals surface area (Å²) >= 11 is 0. The van der Waals surface area contributed by atoms with Gasteiger partial charge in [-0.2, -0.15) is 0 Å². The summed E-state index contributed by atoms with van der Waals surface area (Å²) in [4.78, 5) is 12.9. The maximum absolute atomic E-state index is 10.5. The van der Waals surface area contributed by atoms with Crippen molar-refractivity contribution in [3.05, 3.63) is 0 Å². The molecule has 0 aromatic rings. The third-order valence-corrected chi connectivity index (χ3v) is 2.38. The Balaban J connectivity index is 2.21. The van der Waals surface area contributed by atoms with Crippen molar-refractivity contribution in [2.24, 2.45) is 5.73 Å². The van der Waals surface area contributed by atoms with Crippen LogP contribution >= 0.6 is 0 Å². The van der Waals surface area contributed by atoms with Crippen molar-refractivity contribution in [2.75, 3.05) is 19.6 Å². The molecule has 1 saturated heterocycles. The maximum atomic E-state index is 10.5. The highest BCUT2D eigenvalue weighted by Crippen LogP contribution is 2.08. The maximum Gasteiger partial charge on any atom is 0.312 e. The molecule has 0 aromatic carbocycles. The molecule has 1 aliphatic rings. The van der Waals surface area contributed by atoms with Gasteiger partial charge in [-0.1, -0.05) is 6.92 Å². The van der Waals surface area contributed by atoms with Gasteiger partial charge in [0.05, 0.1) is 0 Å². The van der Waals surface area contributed by atoms with E-state index in [1.807, 2.05) is 0 Å². The van der Waals surface area contributed by atoms with Crippen LogP contribution in [0.1, 0.15) is 19.8 Å². The van der Waals surface area contributed by atoms with Gasteiger partial charge in [0.15, 0.2) is 0 Å². The monoisotopic (exact) mass is 171 g/mol. The van der Waals surface area contributed by atoms with Gasteiger partial charge in [-0.25, -0.2) is 4.79 Å². The SMILES string of the molecule is CCN1CCC(NC(N)=O)CC1. The van der Waals surface area contributed by atoms with Gasteiger partial charge in [-0.15, -0.1) is 0 Å². The van der Waals surface area contributed by atoms with E-state index in [0.29, 0.717) is 6.04 Å². The summed E-state index contributed by atoms with van der Waals surface area (Å²) in [5.74, 6) is 0. The Morgan fingerprint density at radius 1 is 1.58 bits per heavy atom. The molecule has 0 spiro atoms. The number of piperidine rings is 1. The van der Waals surface area contributed by atoms with Crippen LogP contribution in [0.3, 0.4) is 0 Å². The van der Waals surface area contributed by atoms with Crippen molar-refractivity contribution in [1.82, 2.24) is 10.2 Å². The van der Waals surface area contributed by atoms with Gasteiger partial charge in [-0.3, -0.25) is 0 Å². The topological polar surface area (TPSA) is 58.4 Å². The van der Waals surface area contributed by atoms with Crippen molar-refractivity contribution >= 4 is 6.03 Å². The number of nitrogens with one attached hydrogen (secondary N) is 1. The Bertz CT molecular complexity index is 152. The number of nitrogens with two attached hydrogens (primary N) is 1. The number of rotatable bonds is 2. The third kappa shape index (κ3) is 2.70. The van der Waals surface area contributed by atoms with E-state index < -0.39 is 6.03 Å². The first-order valence-corrected chi connectivity index (χ1v) is 4.50. The number of likely N-dealkylation sites (tertiary alicyclic amines) is 1. The second-order valence-electron chi connectivity index (χ2n) is 3.22. The zero-order valence-corrected chi connectivity index (χ0v) is 7.55. The van der Waals surface area contributed by atoms with E-state index in [4.69, 9.17) is 5.73 Å². The molecule has 1 heterocycles. The number of hydrogen-bond acceptors (Lipinski definition) is 2. The van der Waals surface area contributed by atoms with Crippen molar-refractivity contribution in [2.45, 2.75) is 25.8 Å². The lowest BCUT2D eigenvalue weighted by atomic mass is 10.1. The molecule has 0 bridgehead atoms. The summed E-state index contributed by atoms with van der Waals surface area (Å²) in [5, 5.41) is 2.74. The number of urea groups is 1. The molecule has 1 aliphatic heterocycles. The van der Waals surface area contributed by atoms with Crippen molar-refractivity contribution in [3.63, 3.8) is 0 Å². The fourth-order valence-electron chi connectivity index (χ4n) is 1.59. The normalized spacial score (nSPS) is 20.8. The van der Waals surface area contributed by atoms with Gasteiger partial charge < -0.3 is 16.0 Å². The summed E-state index contributed by atoms with van der Waals surface area (Å²) < 4.78 is 0. The molecule has 1 fully saturated rings. The first kappa shape index (κ1) is 9.32. The number of carbonyl (C=O) groups excluding carboxylic acids is 1. The standard InChI is InChI=1S/C8H17N3O/c1-2-11-5-3-7(4-6-11)10-8(9)12/h7H,2-6H2,1H3,(H3,9,10,12). The fraction of sp³-hybridized carbons (Fsp3) is 0.875. The molecule has 0 saturated carbocycles. The molecular formula is C8H17N3O. The highest BCUT2D eigenvalue weighted by molar-refractivity contribution is 5.71. The number of nitrogens with zero attached hydrogens (tertiary/aromatic N) is 1. The summed E-state index contributed by atoms with van der Waals surface area (Å²) in [6.45, 7) is 5.40. The summed E-state index contributed by atoms with van der Waals surface area (Å²) in [5.41, 5.74) is 5.03. The molecule has 0 atom stereocenters. The van der Waals surface area contributed by atoms with Crippen LogP contribution < -0.4 is 11.1 Å². The molecule has 0 aromatic heterocycles. The van der Waals surface area contributed by atoms with Crippen molar-refractivity contribution in [1.29, 1.82) is 0 Å². The van der Waals surface area contributed by atoms with Crippen LogP contribution in [0.4, 0.5) is 4.79 Å². The van der Waals surface area contributed by atoms with E-state index in [-0.39, 0.29) is 0 Å². The van der Waals surface area contributed by atoms with E-state index in [2.05, 4.69) is 17.1 Å². The molecule has 1 rings (SSSR count). The molecule has 3 N–H and O–H groups in total. The molecule has 70 valence electrons. The van der Waals surface area contributed by atoms with E-state index in [1.165, 1.54) is 0 Å². The quantitative estimate of drug-likeness (QED) is 0.621. The minimum absolute atomic E-state index is 0.297. The van der Waals surface area contributed by atoms with Gasteiger partial charge in [0.25, 0.3) is 0 Å². The van der Waals surface area contributed by atoms with Crippen LogP contribution in [-0.2, 0) is 0 Å². The number of primary amides is 1. The summed E-state index contributed by atoms with van der Waals surface area (Å²) in [6.07, 6.45) is 2.05. The van der Waals surface area contributed by atoms with Crippen LogP contribution in [0.5, 0.6) is 0 Å². The van der Waals surface area contributed by atoms with E-state index in [0.717, 1.165) is 32.5 Å². The van der Waals surface area contributed by atoms with Gasteiger partial charge in [0.2, 0.25) is 0 Å². The second-order valence-corrected chi connectivity index (χ2v) is 3.22. The second kappa shape index (κ2) is 4.30. The van der Waals surface area contributed by atoms with E-state index >= 15 is 0 Å². The lowest BCUT2D eigenvalue weighted by Crippen LogP contribution is -2.46. The molecule has 0 aliphatic carbocycles. The minimum Gasteiger partial charge on any atom is -0.352 e. The highest BCUT2D eigenvalue weighted by Gasteiger charge is 2.18. The van der Waals surface area contributed by atoms with Crippen LogP contribution in [0, 0.1) is 0 Å². The number of carbonyl (C=O) groups is 1. The van der Waals surface area contributed by atoms with Gasteiger partial charge >= 0.3 is 6.03 Å². The van der Waals surface area contributed by atoms with Crippen molar-refractivity contribution < 1.29 is 4.79 Å². The largest absolute Gasteiger partial charge is 0.352 e. The van der Waals surface area contributed by atoms with Crippen LogP contribution in [0.25, 0.3) is 0 Å². The Morgan fingerprint density at radius 3 is 2.58 bits per heavy atom. The minimum atomic E-state index is -0.398. The smallest absolute Gasteiger partial charge is 0.312 e.